The van der Waals surface area contributed by atoms with Gasteiger partial charge in [-0.25, -0.2) is 0 Å². The maximum absolute atomic E-state index is 5.93. The summed E-state index contributed by atoms with van der Waals surface area (Å²) in [6, 6.07) is 11.1. The Morgan fingerprint density at radius 3 is 2.89 bits per heavy atom. The number of fused-ring (bicyclic) bond motifs is 1. The highest BCUT2D eigenvalue weighted by Crippen LogP contribution is 2.17. The van der Waals surface area contributed by atoms with Crippen molar-refractivity contribution in [1.29, 1.82) is 0 Å². The Bertz CT molecular complexity index is 530. The monoisotopic (exact) mass is 241 g/mol. The molecule has 0 radical (unpaired) electrons. The van der Waals surface area contributed by atoms with E-state index >= 15 is 0 Å². The van der Waals surface area contributed by atoms with Gasteiger partial charge in [0.25, 0.3) is 0 Å². The molecular formula is C15H19N3. The molecule has 0 bridgehead atoms. The van der Waals surface area contributed by atoms with Gasteiger partial charge in [-0.15, -0.1) is 0 Å². The molecule has 0 aliphatic carbocycles. The van der Waals surface area contributed by atoms with E-state index in [1.807, 2.05) is 12.3 Å². The standard InChI is InChI=1S/C15H19N3/c16-14-5-8-18(9-6-14)11-12-3-4-13-2-1-7-17-15(13)10-12/h1-4,7,10,14H,5-6,8-9,11,16H2. The number of hydrogen-bond donors (Lipinski definition) is 1. The van der Waals surface area contributed by atoms with Crippen molar-refractivity contribution >= 4 is 10.9 Å². The van der Waals surface area contributed by atoms with Crippen LogP contribution in [0.3, 0.4) is 0 Å². The summed E-state index contributed by atoms with van der Waals surface area (Å²) in [4.78, 5) is 6.89. The molecule has 0 atom stereocenters. The molecule has 2 heterocycles. The maximum atomic E-state index is 5.93. The molecule has 0 spiro atoms. The fraction of sp³-hybridized carbons (Fsp3) is 0.400. The van der Waals surface area contributed by atoms with Gasteiger partial charge in [-0.05, 0) is 43.6 Å². The zero-order chi connectivity index (χ0) is 12.4. The Morgan fingerprint density at radius 1 is 1.22 bits per heavy atom. The highest BCUT2D eigenvalue weighted by molar-refractivity contribution is 5.78. The third kappa shape index (κ3) is 2.52. The van der Waals surface area contributed by atoms with E-state index in [9.17, 15) is 0 Å². The minimum absolute atomic E-state index is 0.402. The molecule has 1 aromatic heterocycles. The predicted molar refractivity (Wildman–Crippen MR) is 74.2 cm³/mol. The summed E-state index contributed by atoms with van der Waals surface area (Å²) in [6.45, 7) is 3.24. The van der Waals surface area contributed by atoms with E-state index in [0.717, 1.165) is 38.0 Å². The number of benzene rings is 1. The fourth-order valence-electron chi connectivity index (χ4n) is 2.58. The third-order valence-corrected chi connectivity index (χ3v) is 3.71. The number of rotatable bonds is 2. The SMILES string of the molecule is NC1CCN(Cc2ccc3cccnc3c2)CC1. The first-order valence-electron chi connectivity index (χ1n) is 6.63. The second-order valence-electron chi connectivity index (χ2n) is 5.14. The predicted octanol–water partition coefficient (Wildman–Crippen LogP) is 2.16. The van der Waals surface area contributed by atoms with E-state index in [-0.39, 0.29) is 0 Å². The molecule has 1 aromatic carbocycles. The molecule has 1 fully saturated rings. The van der Waals surface area contributed by atoms with Gasteiger partial charge in [0.15, 0.2) is 0 Å². The van der Waals surface area contributed by atoms with Crippen molar-refractivity contribution in [2.45, 2.75) is 25.4 Å². The molecule has 1 saturated heterocycles. The molecule has 0 amide bonds. The molecular weight excluding hydrogens is 222 g/mol. The topological polar surface area (TPSA) is 42.1 Å². The number of piperidine rings is 1. The van der Waals surface area contributed by atoms with Crippen molar-refractivity contribution in [2.24, 2.45) is 5.73 Å². The average molecular weight is 241 g/mol. The van der Waals surface area contributed by atoms with Gasteiger partial charge < -0.3 is 5.73 Å². The van der Waals surface area contributed by atoms with Crippen molar-refractivity contribution in [3.63, 3.8) is 0 Å². The molecule has 3 heteroatoms. The van der Waals surface area contributed by atoms with Crippen LogP contribution in [0, 0.1) is 0 Å². The lowest BCUT2D eigenvalue weighted by molar-refractivity contribution is 0.206. The molecule has 2 aromatic rings. The number of hydrogen-bond acceptors (Lipinski definition) is 3. The molecule has 1 aliphatic rings. The average Bonchev–Trinajstić information content (AvgIpc) is 2.41. The van der Waals surface area contributed by atoms with Crippen LogP contribution in [0.4, 0.5) is 0 Å². The summed E-state index contributed by atoms with van der Waals surface area (Å²) in [5, 5.41) is 1.21. The van der Waals surface area contributed by atoms with E-state index in [4.69, 9.17) is 5.73 Å². The van der Waals surface area contributed by atoms with Gasteiger partial charge in [0.2, 0.25) is 0 Å². The van der Waals surface area contributed by atoms with Crippen molar-refractivity contribution in [2.75, 3.05) is 13.1 Å². The number of aromatic nitrogens is 1. The second-order valence-corrected chi connectivity index (χ2v) is 5.14. The van der Waals surface area contributed by atoms with Crippen molar-refractivity contribution in [3.05, 3.63) is 42.1 Å². The molecule has 94 valence electrons. The van der Waals surface area contributed by atoms with Gasteiger partial charge in [0.05, 0.1) is 5.52 Å². The number of pyridine rings is 1. The summed E-state index contributed by atoms with van der Waals surface area (Å²) >= 11 is 0. The molecule has 0 unspecified atom stereocenters. The lowest BCUT2D eigenvalue weighted by Crippen LogP contribution is -2.39. The third-order valence-electron chi connectivity index (χ3n) is 3.71. The Balaban J connectivity index is 1.74. The van der Waals surface area contributed by atoms with Crippen LogP contribution in [-0.2, 0) is 6.54 Å². The van der Waals surface area contributed by atoms with E-state index in [2.05, 4.69) is 34.1 Å². The first kappa shape index (κ1) is 11.6. The zero-order valence-electron chi connectivity index (χ0n) is 10.5. The van der Waals surface area contributed by atoms with E-state index < -0.39 is 0 Å². The van der Waals surface area contributed by atoms with Gasteiger partial charge >= 0.3 is 0 Å². The quantitative estimate of drug-likeness (QED) is 0.876. The highest BCUT2D eigenvalue weighted by Gasteiger charge is 2.15. The summed E-state index contributed by atoms with van der Waals surface area (Å²) in [5.41, 5.74) is 8.36. The maximum Gasteiger partial charge on any atom is 0.0705 e. The Kier molecular flexibility index (Phi) is 3.26. The molecule has 1 aliphatic heterocycles. The van der Waals surface area contributed by atoms with Crippen LogP contribution < -0.4 is 5.73 Å². The molecule has 3 rings (SSSR count). The minimum Gasteiger partial charge on any atom is -0.328 e. The van der Waals surface area contributed by atoms with Crippen LogP contribution in [0.5, 0.6) is 0 Å². The van der Waals surface area contributed by atoms with Crippen molar-refractivity contribution < 1.29 is 0 Å². The van der Waals surface area contributed by atoms with Gasteiger partial charge in [-0.2, -0.15) is 0 Å². The number of nitrogens with zero attached hydrogens (tertiary/aromatic N) is 2. The van der Waals surface area contributed by atoms with E-state index in [1.54, 1.807) is 0 Å². The van der Waals surface area contributed by atoms with E-state index in [1.165, 1.54) is 10.9 Å². The van der Waals surface area contributed by atoms with Gasteiger partial charge in [-0.3, -0.25) is 9.88 Å². The smallest absolute Gasteiger partial charge is 0.0705 e. The summed E-state index contributed by atoms with van der Waals surface area (Å²) in [6.07, 6.45) is 4.09. The van der Waals surface area contributed by atoms with Gasteiger partial charge in [0, 0.05) is 24.2 Å². The van der Waals surface area contributed by atoms with E-state index in [0.29, 0.717) is 6.04 Å². The van der Waals surface area contributed by atoms with Crippen molar-refractivity contribution in [1.82, 2.24) is 9.88 Å². The lowest BCUT2D eigenvalue weighted by atomic mass is 10.0. The molecule has 0 saturated carbocycles. The molecule has 3 nitrogen and oxygen atoms in total. The molecule has 18 heavy (non-hydrogen) atoms. The second kappa shape index (κ2) is 5.04. The van der Waals surface area contributed by atoms with Crippen LogP contribution in [0.15, 0.2) is 36.5 Å². The van der Waals surface area contributed by atoms with Crippen LogP contribution >= 0.6 is 0 Å². The van der Waals surface area contributed by atoms with Crippen molar-refractivity contribution in [3.8, 4) is 0 Å². The van der Waals surface area contributed by atoms with Gasteiger partial charge in [-0.1, -0.05) is 18.2 Å². The zero-order valence-corrected chi connectivity index (χ0v) is 10.5. The Hall–Kier alpha value is -1.45. The lowest BCUT2D eigenvalue weighted by Gasteiger charge is -2.30. The molecule has 2 N–H and O–H groups in total. The van der Waals surface area contributed by atoms with Crippen LogP contribution in [-0.4, -0.2) is 29.0 Å². The van der Waals surface area contributed by atoms with Gasteiger partial charge in [0.1, 0.15) is 0 Å². The highest BCUT2D eigenvalue weighted by atomic mass is 15.1. The number of nitrogens with two attached hydrogens (primary N) is 1. The first-order chi connectivity index (χ1) is 8.81. The minimum atomic E-state index is 0.402. The normalized spacial score (nSPS) is 18.3. The Labute approximate surface area is 108 Å². The first-order valence-corrected chi connectivity index (χ1v) is 6.63. The fourth-order valence-corrected chi connectivity index (χ4v) is 2.58. The van der Waals surface area contributed by atoms with Crippen LogP contribution in [0.2, 0.25) is 0 Å². The summed E-state index contributed by atoms with van der Waals surface area (Å²) < 4.78 is 0. The summed E-state index contributed by atoms with van der Waals surface area (Å²) in [7, 11) is 0. The van der Waals surface area contributed by atoms with Crippen LogP contribution in [0.25, 0.3) is 10.9 Å². The van der Waals surface area contributed by atoms with Crippen LogP contribution in [0.1, 0.15) is 18.4 Å². The number of likely N-dealkylation sites (tertiary alicyclic amines) is 1. The summed E-state index contributed by atoms with van der Waals surface area (Å²) in [5.74, 6) is 0. The largest absolute Gasteiger partial charge is 0.328 e. The Morgan fingerprint density at radius 2 is 2.06 bits per heavy atom.